The second-order valence-electron chi connectivity index (χ2n) is 3.97. The Hall–Kier alpha value is -0.960. The number of sulfonamides is 1. The fourth-order valence-corrected chi connectivity index (χ4v) is 4.36. The van der Waals surface area contributed by atoms with Crippen molar-refractivity contribution in [1.29, 1.82) is 0 Å². The zero-order valence-corrected chi connectivity index (χ0v) is 12.9. The predicted octanol–water partition coefficient (Wildman–Crippen LogP) is 2.19. The number of thiazole rings is 1. The van der Waals surface area contributed by atoms with Gasteiger partial charge in [-0.2, -0.15) is 0 Å². The van der Waals surface area contributed by atoms with Crippen LogP contribution in [0.2, 0.25) is 4.47 Å². The Labute approximate surface area is 119 Å². The van der Waals surface area contributed by atoms with E-state index in [0.717, 1.165) is 16.9 Å². The molecule has 0 aliphatic carbocycles. The summed E-state index contributed by atoms with van der Waals surface area (Å²) in [5, 5.41) is 3.77. The lowest BCUT2D eigenvalue weighted by atomic mass is 10.2. The molecule has 0 saturated carbocycles. The summed E-state index contributed by atoms with van der Waals surface area (Å²) < 4.78 is 32.1. The first-order valence-electron chi connectivity index (χ1n) is 5.35. The zero-order chi connectivity index (χ0) is 14.2. The van der Waals surface area contributed by atoms with Gasteiger partial charge in [0.05, 0.1) is 11.4 Å². The van der Waals surface area contributed by atoms with Gasteiger partial charge in [0.2, 0.25) is 0 Å². The van der Waals surface area contributed by atoms with E-state index in [0.29, 0.717) is 17.1 Å². The van der Waals surface area contributed by atoms with Gasteiger partial charge in [0.1, 0.15) is 5.76 Å². The van der Waals surface area contributed by atoms with E-state index in [2.05, 4.69) is 14.9 Å². The number of rotatable bonds is 4. The van der Waals surface area contributed by atoms with Crippen LogP contribution in [0.15, 0.2) is 8.73 Å². The quantitative estimate of drug-likeness (QED) is 0.933. The number of nitrogens with one attached hydrogen (secondary N) is 1. The number of hydrogen-bond acceptors (Lipinski definition) is 6. The van der Waals surface area contributed by atoms with Crippen molar-refractivity contribution < 1.29 is 12.9 Å². The molecular weight excluding hydrogens is 310 g/mol. The molecule has 0 atom stereocenters. The molecule has 0 bridgehead atoms. The Balaban J connectivity index is 2.21. The van der Waals surface area contributed by atoms with Crippen LogP contribution in [0.1, 0.15) is 22.7 Å². The second-order valence-corrected chi connectivity index (χ2v) is 7.51. The van der Waals surface area contributed by atoms with Gasteiger partial charge in [-0.25, -0.2) is 18.1 Å². The van der Waals surface area contributed by atoms with E-state index in [1.807, 2.05) is 0 Å². The third-order valence-corrected chi connectivity index (χ3v) is 5.86. The first-order valence-corrected chi connectivity index (χ1v) is 8.03. The van der Waals surface area contributed by atoms with Gasteiger partial charge in [0, 0.05) is 12.1 Å². The van der Waals surface area contributed by atoms with Crippen molar-refractivity contribution in [2.24, 2.45) is 0 Å². The molecule has 104 valence electrons. The van der Waals surface area contributed by atoms with E-state index in [1.54, 1.807) is 20.8 Å². The van der Waals surface area contributed by atoms with Gasteiger partial charge in [-0.1, -0.05) is 28.1 Å². The molecular formula is C10H12ClN3O3S2. The maximum Gasteiger partial charge on any atom is 0.252 e. The Morgan fingerprint density at radius 2 is 2.00 bits per heavy atom. The summed E-state index contributed by atoms with van der Waals surface area (Å²) in [4.78, 5) is 3.89. The Morgan fingerprint density at radius 3 is 2.47 bits per heavy atom. The van der Waals surface area contributed by atoms with Crippen LogP contribution < -0.4 is 4.72 Å². The van der Waals surface area contributed by atoms with Crippen LogP contribution in [-0.2, 0) is 16.6 Å². The monoisotopic (exact) mass is 321 g/mol. The van der Waals surface area contributed by atoms with Gasteiger partial charge >= 0.3 is 0 Å². The molecule has 1 N–H and O–H groups in total. The normalized spacial score (nSPS) is 12.0. The fourth-order valence-electron chi connectivity index (χ4n) is 1.59. The topological polar surface area (TPSA) is 85.1 Å². The van der Waals surface area contributed by atoms with Gasteiger partial charge in [0.15, 0.2) is 8.68 Å². The van der Waals surface area contributed by atoms with Crippen LogP contribution in [-0.4, -0.2) is 18.6 Å². The molecule has 0 radical (unpaired) electrons. The molecule has 0 aliphatic rings. The van der Waals surface area contributed by atoms with Gasteiger partial charge in [0.25, 0.3) is 10.0 Å². The van der Waals surface area contributed by atoms with Crippen LogP contribution in [0.5, 0.6) is 0 Å². The van der Waals surface area contributed by atoms with Gasteiger partial charge in [-0.15, -0.1) is 0 Å². The summed E-state index contributed by atoms with van der Waals surface area (Å²) in [5.74, 6) is 0.597. The van der Waals surface area contributed by atoms with E-state index in [4.69, 9.17) is 16.1 Å². The van der Waals surface area contributed by atoms with E-state index in [9.17, 15) is 8.42 Å². The first-order chi connectivity index (χ1) is 8.81. The Kier molecular flexibility index (Phi) is 3.95. The van der Waals surface area contributed by atoms with Crippen molar-refractivity contribution in [2.75, 3.05) is 0 Å². The lowest BCUT2D eigenvalue weighted by molar-refractivity contribution is 0.392. The molecule has 2 aromatic heterocycles. The minimum absolute atomic E-state index is 0.123. The summed E-state index contributed by atoms with van der Waals surface area (Å²) >= 11 is 6.64. The highest BCUT2D eigenvalue weighted by Gasteiger charge is 2.22. The van der Waals surface area contributed by atoms with Crippen LogP contribution in [0.25, 0.3) is 0 Å². The first kappa shape index (κ1) is 14.4. The van der Waals surface area contributed by atoms with Crippen molar-refractivity contribution >= 4 is 33.0 Å². The third kappa shape index (κ3) is 2.97. The third-order valence-electron chi connectivity index (χ3n) is 2.59. The predicted molar refractivity (Wildman–Crippen MR) is 71.9 cm³/mol. The van der Waals surface area contributed by atoms with Crippen LogP contribution in [0.4, 0.5) is 0 Å². The van der Waals surface area contributed by atoms with Gasteiger partial charge in [-0.3, -0.25) is 0 Å². The molecule has 0 spiro atoms. The van der Waals surface area contributed by atoms with Crippen molar-refractivity contribution in [3.8, 4) is 0 Å². The van der Waals surface area contributed by atoms with Crippen LogP contribution >= 0.6 is 22.9 Å². The summed E-state index contributed by atoms with van der Waals surface area (Å²) in [6, 6.07) is 0. The summed E-state index contributed by atoms with van der Waals surface area (Å²) in [6.45, 7) is 5.22. The van der Waals surface area contributed by atoms with Crippen molar-refractivity contribution in [3.05, 3.63) is 27.2 Å². The van der Waals surface area contributed by atoms with E-state index in [-0.39, 0.29) is 15.2 Å². The lowest BCUT2D eigenvalue weighted by Crippen LogP contribution is -2.23. The number of hydrogen-bond donors (Lipinski definition) is 1. The van der Waals surface area contributed by atoms with Crippen LogP contribution in [0, 0.1) is 20.8 Å². The average Bonchev–Trinajstić information content (AvgIpc) is 2.81. The van der Waals surface area contributed by atoms with E-state index >= 15 is 0 Å². The molecule has 9 heteroatoms. The number of nitrogens with zero attached hydrogens (tertiary/aromatic N) is 2. The highest BCUT2D eigenvalue weighted by molar-refractivity contribution is 7.91. The maximum atomic E-state index is 12.1. The van der Waals surface area contributed by atoms with Crippen LogP contribution in [0.3, 0.4) is 0 Å². The maximum absolute atomic E-state index is 12.1. The summed E-state index contributed by atoms with van der Waals surface area (Å²) in [6.07, 6.45) is 0. The highest BCUT2D eigenvalue weighted by Crippen LogP contribution is 2.26. The molecule has 19 heavy (non-hydrogen) atoms. The fraction of sp³-hybridized carbons (Fsp3) is 0.400. The number of halogens is 1. The molecule has 0 fully saturated rings. The molecule has 0 aromatic carbocycles. The Bertz CT molecular complexity index is 686. The molecule has 0 unspecified atom stereocenters. The molecule has 0 aliphatic heterocycles. The zero-order valence-electron chi connectivity index (χ0n) is 10.5. The molecule has 2 heterocycles. The number of aromatic nitrogens is 2. The SMILES string of the molecule is Cc1nc(Cl)sc1S(=O)(=O)NCc1c(C)noc1C. The summed E-state index contributed by atoms with van der Waals surface area (Å²) in [5.41, 5.74) is 1.79. The molecule has 6 nitrogen and oxygen atoms in total. The van der Waals surface area contributed by atoms with Gasteiger partial charge in [-0.05, 0) is 20.8 Å². The standard InChI is InChI=1S/C10H12ClN3O3S2/c1-5-8(7(3)17-14-5)4-12-19(15,16)9-6(2)13-10(11)18-9/h12H,4H2,1-3H3. The van der Waals surface area contributed by atoms with Crippen molar-refractivity contribution in [1.82, 2.24) is 14.9 Å². The van der Waals surface area contributed by atoms with E-state index < -0.39 is 10.0 Å². The second kappa shape index (κ2) is 5.20. The smallest absolute Gasteiger partial charge is 0.252 e. The minimum Gasteiger partial charge on any atom is -0.361 e. The molecule has 0 amide bonds. The molecule has 2 rings (SSSR count). The van der Waals surface area contributed by atoms with Crippen molar-refractivity contribution in [3.63, 3.8) is 0 Å². The molecule has 2 aromatic rings. The number of aryl methyl sites for hydroxylation is 3. The largest absolute Gasteiger partial charge is 0.361 e. The highest BCUT2D eigenvalue weighted by atomic mass is 35.5. The van der Waals surface area contributed by atoms with Crippen molar-refractivity contribution in [2.45, 2.75) is 31.5 Å². The Morgan fingerprint density at radius 1 is 1.32 bits per heavy atom. The van der Waals surface area contributed by atoms with E-state index in [1.165, 1.54) is 0 Å². The average molecular weight is 322 g/mol. The lowest BCUT2D eigenvalue weighted by Gasteiger charge is -2.04. The minimum atomic E-state index is -3.63. The molecule has 0 saturated heterocycles. The summed E-state index contributed by atoms with van der Waals surface area (Å²) in [7, 11) is -3.63. The van der Waals surface area contributed by atoms with Gasteiger partial charge < -0.3 is 4.52 Å².